The number of nitrogens with zero attached hydrogens (tertiary/aromatic N) is 2. The molecule has 0 radical (unpaired) electrons. The summed E-state index contributed by atoms with van der Waals surface area (Å²) in [6.07, 6.45) is 5.50. The largest absolute Gasteiger partial charge is 0.348 e. The van der Waals surface area contributed by atoms with Crippen LogP contribution in [0.3, 0.4) is 0 Å². The lowest BCUT2D eigenvalue weighted by molar-refractivity contribution is 0.733. The summed E-state index contributed by atoms with van der Waals surface area (Å²) in [5.74, 6) is 0. The summed E-state index contributed by atoms with van der Waals surface area (Å²) in [6, 6.07) is 10.3. The Hall–Kier alpha value is -2.62. The highest BCUT2D eigenvalue weighted by Gasteiger charge is 2.20. The summed E-state index contributed by atoms with van der Waals surface area (Å²) in [4.78, 5) is 20.3. The summed E-state index contributed by atoms with van der Waals surface area (Å²) < 4.78 is 1.75. The summed E-state index contributed by atoms with van der Waals surface area (Å²) in [5.41, 5.74) is 6.35. The minimum absolute atomic E-state index is 0.0760. The van der Waals surface area contributed by atoms with Crippen molar-refractivity contribution in [2.24, 2.45) is 0 Å². The van der Waals surface area contributed by atoms with Crippen LogP contribution in [0, 0.1) is 6.92 Å². The molecular weight excluding hydrogens is 274 g/mol. The number of aromatic amines is 1. The first-order chi connectivity index (χ1) is 10.7. The molecule has 110 valence electrons. The molecule has 2 heterocycles. The molecule has 2 aromatic heterocycles. The lowest BCUT2D eigenvalue weighted by Gasteiger charge is -2.20. The van der Waals surface area contributed by atoms with Gasteiger partial charge in [0.2, 0.25) is 0 Å². The number of hydrogen-bond acceptors (Lipinski definition) is 2. The maximum absolute atomic E-state index is 12.9. The van der Waals surface area contributed by atoms with Crippen LogP contribution < -0.4 is 5.56 Å². The highest BCUT2D eigenvalue weighted by atomic mass is 16.1. The molecular formula is C18H17N3O. The molecule has 0 atom stereocenters. The zero-order valence-electron chi connectivity index (χ0n) is 12.5. The van der Waals surface area contributed by atoms with Gasteiger partial charge in [0.15, 0.2) is 0 Å². The molecule has 0 bridgehead atoms. The van der Waals surface area contributed by atoms with E-state index in [1.165, 1.54) is 5.56 Å². The minimum Gasteiger partial charge on any atom is -0.348 e. The van der Waals surface area contributed by atoms with E-state index in [0.717, 1.165) is 40.9 Å². The third-order valence-electron chi connectivity index (χ3n) is 4.46. The smallest absolute Gasteiger partial charge is 0.259 e. The predicted molar refractivity (Wildman–Crippen MR) is 86.0 cm³/mol. The summed E-state index contributed by atoms with van der Waals surface area (Å²) in [5, 5.41) is 0. The normalized spacial score (nSPS) is 12.8. The van der Waals surface area contributed by atoms with Crippen molar-refractivity contribution in [1.82, 2.24) is 14.5 Å². The number of hydrogen-bond donors (Lipinski definition) is 1. The van der Waals surface area contributed by atoms with Gasteiger partial charge in [0.1, 0.15) is 0 Å². The fourth-order valence-corrected chi connectivity index (χ4v) is 3.19. The number of aryl methyl sites for hydroxylation is 3. The molecule has 0 aliphatic heterocycles. The third kappa shape index (κ3) is 1.99. The van der Waals surface area contributed by atoms with Crippen LogP contribution in [0.4, 0.5) is 0 Å². The summed E-state index contributed by atoms with van der Waals surface area (Å²) in [6.45, 7) is 2.48. The van der Waals surface area contributed by atoms with Crippen LogP contribution in [0.15, 0.2) is 47.7 Å². The molecule has 4 rings (SSSR count). The summed E-state index contributed by atoms with van der Waals surface area (Å²) in [7, 11) is 0. The van der Waals surface area contributed by atoms with Crippen molar-refractivity contribution in [3.05, 3.63) is 75.7 Å². The van der Waals surface area contributed by atoms with Crippen LogP contribution in [-0.4, -0.2) is 14.5 Å². The topological polar surface area (TPSA) is 50.7 Å². The number of pyridine rings is 1. The van der Waals surface area contributed by atoms with Gasteiger partial charge in [0, 0.05) is 11.9 Å². The molecule has 3 aromatic rings. The van der Waals surface area contributed by atoms with Crippen molar-refractivity contribution in [2.75, 3.05) is 0 Å². The van der Waals surface area contributed by atoms with Crippen LogP contribution in [0.1, 0.15) is 22.5 Å². The molecule has 22 heavy (non-hydrogen) atoms. The second-order valence-corrected chi connectivity index (χ2v) is 5.78. The van der Waals surface area contributed by atoms with Crippen LogP contribution in [0.2, 0.25) is 0 Å². The van der Waals surface area contributed by atoms with E-state index >= 15 is 0 Å². The van der Waals surface area contributed by atoms with Gasteiger partial charge in [0.05, 0.1) is 24.1 Å². The van der Waals surface area contributed by atoms with E-state index in [1.807, 2.05) is 25.3 Å². The van der Waals surface area contributed by atoms with Gasteiger partial charge in [0.25, 0.3) is 5.56 Å². The Morgan fingerprint density at radius 3 is 2.82 bits per heavy atom. The predicted octanol–water partition coefficient (Wildman–Crippen LogP) is 2.69. The van der Waals surface area contributed by atoms with Gasteiger partial charge in [-0.15, -0.1) is 0 Å². The lowest BCUT2D eigenvalue weighted by atomic mass is 9.86. The van der Waals surface area contributed by atoms with Crippen molar-refractivity contribution in [2.45, 2.75) is 26.3 Å². The van der Waals surface area contributed by atoms with Crippen LogP contribution in [0.5, 0.6) is 0 Å². The number of imidazole rings is 1. The van der Waals surface area contributed by atoms with Gasteiger partial charge >= 0.3 is 0 Å². The molecule has 0 saturated heterocycles. The highest BCUT2D eigenvalue weighted by molar-refractivity contribution is 5.72. The molecule has 1 N–H and O–H groups in total. The molecule has 0 fully saturated rings. The van der Waals surface area contributed by atoms with Crippen molar-refractivity contribution in [3.63, 3.8) is 0 Å². The van der Waals surface area contributed by atoms with E-state index in [-0.39, 0.29) is 5.56 Å². The van der Waals surface area contributed by atoms with E-state index in [4.69, 9.17) is 0 Å². The zero-order chi connectivity index (χ0) is 15.1. The van der Waals surface area contributed by atoms with Crippen molar-refractivity contribution in [3.8, 4) is 11.1 Å². The van der Waals surface area contributed by atoms with Gasteiger partial charge in [-0.2, -0.15) is 0 Å². The summed E-state index contributed by atoms with van der Waals surface area (Å²) >= 11 is 0. The third-order valence-corrected chi connectivity index (χ3v) is 4.46. The van der Waals surface area contributed by atoms with Crippen LogP contribution in [-0.2, 0) is 19.4 Å². The zero-order valence-corrected chi connectivity index (χ0v) is 12.5. The number of benzene rings is 1. The van der Waals surface area contributed by atoms with E-state index in [0.29, 0.717) is 6.54 Å². The Kier molecular flexibility index (Phi) is 2.96. The van der Waals surface area contributed by atoms with Crippen LogP contribution >= 0.6 is 0 Å². The first-order valence-corrected chi connectivity index (χ1v) is 7.53. The monoisotopic (exact) mass is 291 g/mol. The average molecular weight is 291 g/mol. The van der Waals surface area contributed by atoms with Gasteiger partial charge in [-0.3, -0.25) is 4.79 Å². The van der Waals surface area contributed by atoms with E-state index in [9.17, 15) is 4.79 Å². The average Bonchev–Trinajstić information content (AvgIpc) is 2.94. The maximum atomic E-state index is 12.9. The molecule has 4 heteroatoms. The number of H-pyrrole nitrogens is 1. The second-order valence-electron chi connectivity index (χ2n) is 5.78. The minimum atomic E-state index is 0.0760. The molecule has 1 aliphatic carbocycles. The number of nitrogens with one attached hydrogen (secondary N) is 1. The molecule has 0 unspecified atom stereocenters. The fraction of sp³-hybridized carbons (Fsp3) is 0.222. The SMILES string of the molecule is Cc1[nH]cnc1Cn1ccc2c(c1=O)-c1ccccc1CC2. The first-order valence-electron chi connectivity index (χ1n) is 7.53. The Bertz CT molecular complexity index is 905. The number of rotatable bonds is 2. The quantitative estimate of drug-likeness (QED) is 0.789. The maximum Gasteiger partial charge on any atom is 0.259 e. The highest BCUT2D eigenvalue weighted by Crippen LogP contribution is 2.30. The molecule has 0 saturated carbocycles. The number of aromatic nitrogens is 3. The van der Waals surface area contributed by atoms with Gasteiger partial charge < -0.3 is 9.55 Å². The molecule has 1 aliphatic rings. The van der Waals surface area contributed by atoms with Crippen molar-refractivity contribution >= 4 is 0 Å². The Morgan fingerprint density at radius 1 is 1.18 bits per heavy atom. The fourth-order valence-electron chi connectivity index (χ4n) is 3.19. The molecule has 0 amide bonds. The Balaban J connectivity index is 1.85. The standard InChI is InChI=1S/C18H17N3O/c1-12-16(20-11-19-12)10-21-9-8-14-7-6-13-4-2-3-5-15(13)17(14)18(21)22/h2-5,8-9,11H,6-7,10H2,1H3,(H,19,20). The second kappa shape index (κ2) is 4.98. The molecule has 4 nitrogen and oxygen atoms in total. The van der Waals surface area contributed by atoms with Gasteiger partial charge in [-0.05, 0) is 42.5 Å². The van der Waals surface area contributed by atoms with Crippen LogP contribution in [0.25, 0.3) is 11.1 Å². The first kappa shape index (κ1) is 13.1. The molecule has 1 aromatic carbocycles. The molecule has 0 spiro atoms. The van der Waals surface area contributed by atoms with Gasteiger partial charge in [-0.1, -0.05) is 24.3 Å². The lowest BCUT2D eigenvalue weighted by Crippen LogP contribution is -2.25. The van der Waals surface area contributed by atoms with Crippen molar-refractivity contribution in [1.29, 1.82) is 0 Å². The van der Waals surface area contributed by atoms with Crippen molar-refractivity contribution < 1.29 is 0 Å². The number of fused-ring (bicyclic) bond motifs is 3. The van der Waals surface area contributed by atoms with E-state index in [2.05, 4.69) is 28.2 Å². The van der Waals surface area contributed by atoms with Gasteiger partial charge in [-0.25, -0.2) is 4.98 Å². The Morgan fingerprint density at radius 2 is 2.00 bits per heavy atom. The Labute approximate surface area is 128 Å². The van der Waals surface area contributed by atoms with E-state index < -0.39 is 0 Å². The van der Waals surface area contributed by atoms with E-state index in [1.54, 1.807) is 10.9 Å².